The number of rotatable bonds is 12. The molecule has 1 aromatic rings. The minimum Gasteiger partial charge on any atom is -0.481 e. The second kappa shape index (κ2) is 11.4. The second-order valence-corrected chi connectivity index (χ2v) is 6.24. The fraction of sp³-hybridized carbons (Fsp3) is 0.500. The van der Waals surface area contributed by atoms with Gasteiger partial charge in [0, 0.05) is 24.7 Å². The van der Waals surface area contributed by atoms with Gasteiger partial charge in [-0.05, 0) is 13.3 Å². The standard InChI is InChI=1S/C16H24N6O7/c1-8(17)14(26)22-11(4-9-5-18-7-20-9)15(27)19-6-12(23)21-10(16(28)29)2-3-13(24)25/h5,7-8,10-11H,2-4,6,17H2,1H3,(H,18,20)(H,19,27)(H,21,23)(H,22,26)(H,24,25)(H,28,29). The Morgan fingerprint density at radius 2 is 1.83 bits per heavy atom. The number of aliphatic carboxylic acids is 2. The smallest absolute Gasteiger partial charge is 0.326 e. The fourth-order valence-corrected chi connectivity index (χ4v) is 2.19. The Bertz CT molecular complexity index is 734. The van der Waals surface area contributed by atoms with Gasteiger partial charge >= 0.3 is 11.9 Å². The van der Waals surface area contributed by atoms with Crippen molar-refractivity contribution in [2.75, 3.05) is 6.54 Å². The molecule has 0 radical (unpaired) electrons. The number of nitrogens with two attached hydrogens (primary N) is 1. The van der Waals surface area contributed by atoms with Gasteiger partial charge in [-0.25, -0.2) is 9.78 Å². The van der Waals surface area contributed by atoms with Crippen molar-refractivity contribution in [1.82, 2.24) is 25.9 Å². The Hall–Kier alpha value is -3.48. The van der Waals surface area contributed by atoms with Crippen LogP contribution in [0.1, 0.15) is 25.5 Å². The summed E-state index contributed by atoms with van der Waals surface area (Å²) in [5.41, 5.74) is 6.04. The van der Waals surface area contributed by atoms with Crippen LogP contribution in [-0.4, -0.2) is 74.5 Å². The molecule has 0 aliphatic rings. The molecule has 0 bridgehead atoms. The van der Waals surface area contributed by atoms with Crippen LogP contribution in [0, 0.1) is 0 Å². The summed E-state index contributed by atoms with van der Waals surface area (Å²) in [7, 11) is 0. The summed E-state index contributed by atoms with van der Waals surface area (Å²) >= 11 is 0. The second-order valence-electron chi connectivity index (χ2n) is 6.24. The average molecular weight is 412 g/mol. The number of imidazole rings is 1. The predicted octanol–water partition coefficient (Wildman–Crippen LogP) is -2.67. The molecule has 0 aliphatic heterocycles. The van der Waals surface area contributed by atoms with Crippen LogP contribution < -0.4 is 21.7 Å². The topological polar surface area (TPSA) is 217 Å². The SMILES string of the molecule is CC(N)C(=O)NC(Cc1cnc[nH]1)C(=O)NCC(=O)NC(CCC(=O)O)C(=O)O. The maximum atomic E-state index is 12.4. The van der Waals surface area contributed by atoms with Crippen molar-refractivity contribution in [2.24, 2.45) is 5.73 Å². The molecule has 29 heavy (non-hydrogen) atoms. The molecule has 160 valence electrons. The molecule has 1 aromatic heterocycles. The Morgan fingerprint density at radius 1 is 1.14 bits per heavy atom. The van der Waals surface area contributed by atoms with Crippen LogP contribution in [0.15, 0.2) is 12.5 Å². The summed E-state index contributed by atoms with van der Waals surface area (Å²) in [6.07, 6.45) is 2.16. The highest BCUT2D eigenvalue weighted by Gasteiger charge is 2.25. The van der Waals surface area contributed by atoms with Crippen LogP contribution in [0.25, 0.3) is 0 Å². The number of aromatic amines is 1. The van der Waals surface area contributed by atoms with Crippen molar-refractivity contribution >= 4 is 29.7 Å². The van der Waals surface area contributed by atoms with Gasteiger partial charge in [-0.1, -0.05) is 0 Å². The largest absolute Gasteiger partial charge is 0.481 e. The summed E-state index contributed by atoms with van der Waals surface area (Å²) in [5.74, 6) is -4.69. The zero-order chi connectivity index (χ0) is 22.0. The third kappa shape index (κ3) is 8.83. The number of carboxylic acid groups (broad SMARTS) is 2. The first-order chi connectivity index (χ1) is 13.6. The third-order valence-electron chi connectivity index (χ3n) is 3.73. The first kappa shape index (κ1) is 23.6. The van der Waals surface area contributed by atoms with Gasteiger partial charge in [0.2, 0.25) is 17.7 Å². The number of H-pyrrole nitrogens is 1. The number of hydrogen-bond acceptors (Lipinski definition) is 7. The van der Waals surface area contributed by atoms with Crippen LogP contribution in [-0.2, 0) is 30.4 Å². The summed E-state index contributed by atoms with van der Waals surface area (Å²) in [6.45, 7) is 0.875. The highest BCUT2D eigenvalue weighted by Crippen LogP contribution is 2.00. The van der Waals surface area contributed by atoms with E-state index >= 15 is 0 Å². The molecular weight excluding hydrogens is 388 g/mol. The van der Waals surface area contributed by atoms with Gasteiger partial charge in [-0.2, -0.15) is 0 Å². The van der Waals surface area contributed by atoms with Gasteiger partial charge in [-0.3, -0.25) is 19.2 Å². The minimum absolute atomic E-state index is 0.0578. The lowest BCUT2D eigenvalue weighted by Crippen LogP contribution is -2.53. The molecule has 0 spiro atoms. The molecule has 3 atom stereocenters. The molecule has 0 saturated heterocycles. The lowest BCUT2D eigenvalue weighted by molar-refractivity contribution is -0.143. The van der Waals surface area contributed by atoms with Crippen molar-refractivity contribution in [2.45, 2.75) is 44.3 Å². The van der Waals surface area contributed by atoms with Crippen LogP contribution in [0.4, 0.5) is 0 Å². The van der Waals surface area contributed by atoms with Crippen molar-refractivity contribution in [3.8, 4) is 0 Å². The van der Waals surface area contributed by atoms with E-state index in [0.717, 1.165) is 0 Å². The molecule has 13 nitrogen and oxygen atoms in total. The zero-order valence-electron chi connectivity index (χ0n) is 15.7. The monoisotopic (exact) mass is 412 g/mol. The zero-order valence-corrected chi connectivity index (χ0v) is 15.7. The maximum Gasteiger partial charge on any atom is 0.326 e. The number of carbonyl (C=O) groups is 5. The molecule has 3 amide bonds. The number of aromatic nitrogens is 2. The van der Waals surface area contributed by atoms with E-state index in [9.17, 15) is 24.0 Å². The van der Waals surface area contributed by atoms with E-state index < -0.39 is 60.8 Å². The van der Waals surface area contributed by atoms with E-state index in [1.165, 1.54) is 19.4 Å². The van der Waals surface area contributed by atoms with Crippen LogP contribution >= 0.6 is 0 Å². The van der Waals surface area contributed by atoms with Gasteiger partial charge in [-0.15, -0.1) is 0 Å². The number of nitrogens with one attached hydrogen (secondary N) is 4. The van der Waals surface area contributed by atoms with E-state index in [2.05, 4.69) is 25.9 Å². The van der Waals surface area contributed by atoms with E-state index in [1.807, 2.05) is 0 Å². The van der Waals surface area contributed by atoms with Crippen LogP contribution in [0.3, 0.4) is 0 Å². The molecule has 1 rings (SSSR count). The number of carboxylic acids is 2. The van der Waals surface area contributed by atoms with E-state index in [4.69, 9.17) is 15.9 Å². The number of carbonyl (C=O) groups excluding carboxylic acids is 3. The van der Waals surface area contributed by atoms with E-state index in [0.29, 0.717) is 5.69 Å². The minimum atomic E-state index is -1.41. The highest BCUT2D eigenvalue weighted by atomic mass is 16.4. The lowest BCUT2D eigenvalue weighted by atomic mass is 10.1. The van der Waals surface area contributed by atoms with Gasteiger partial charge in [0.25, 0.3) is 0 Å². The number of nitrogens with zero attached hydrogens (tertiary/aromatic N) is 1. The molecule has 13 heteroatoms. The Morgan fingerprint density at radius 3 is 2.34 bits per heavy atom. The van der Waals surface area contributed by atoms with Gasteiger partial charge in [0.15, 0.2) is 0 Å². The lowest BCUT2D eigenvalue weighted by Gasteiger charge is -2.19. The van der Waals surface area contributed by atoms with Crippen molar-refractivity contribution in [3.05, 3.63) is 18.2 Å². The quantitative estimate of drug-likeness (QED) is 0.190. The molecule has 8 N–H and O–H groups in total. The van der Waals surface area contributed by atoms with Gasteiger partial charge in [0.05, 0.1) is 18.9 Å². The van der Waals surface area contributed by atoms with Crippen molar-refractivity contribution in [1.29, 1.82) is 0 Å². The first-order valence-corrected chi connectivity index (χ1v) is 8.65. The Kier molecular flexibility index (Phi) is 9.25. The molecule has 1 heterocycles. The molecule has 3 unspecified atom stereocenters. The van der Waals surface area contributed by atoms with Crippen molar-refractivity contribution in [3.63, 3.8) is 0 Å². The van der Waals surface area contributed by atoms with E-state index in [-0.39, 0.29) is 12.8 Å². The van der Waals surface area contributed by atoms with Crippen molar-refractivity contribution < 1.29 is 34.2 Å². The summed E-state index contributed by atoms with van der Waals surface area (Å²) < 4.78 is 0. The predicted molar refractivity (Wildman–Crippen MR) is 97.3 cm³/mol. The first-order valence-electron chi connectivity index (χ1n) is 8.65. The number of hydrogen-bond donors (Lipinski definition) is 7. The summed E-state index contributed by atoms with van der Waals surface area (Å²) in [5, 5.41) is 24.5. The highest BCUT2D eigenvalue weighted by molar-refractivity contribution is 5.92. The fourth-order valence-electron chi connectivity index (χ4n) is 2.19. The number of amides is 3. The normalized spacial score (nSPS) is 13.6. The Labute approximate surface area is 165 Å². The molecule has 0 fully saturated rings. The Balaban J connectivity index is 2.65. The van der Waals surface area contributed by atoms with Gasteiger partial charge < -0.3 is 36.9 Å². The molecule has 0 saturated carbocycles. The molecule has 0 aromatic carbocycles. The van der Waals surface area contributed by atoms with Crippen LogP contribution in [0.2, 0.25) is 0 Å². The third-order valence-corrected chi connectivity index (χ3v) is 3.73. The maximum absolute atomic E-state index is 12.4. The summed E-state index contributed by atoms with van der Waals surface area (Å²) in [6, 6.07) is -3.32. The molecular formula is C16H24N6O7. The van der Waals surface area contributed by atoms with Gasteiger partial charge in [0.1, 0.15) is 12.1 Å². The average Bonchev–Trinajstić information content (AvgIpc) is 3.15. The van der Waals surface area contributed by atoms with Crippen LogP contribution in [0.5, 0.6) is 0 Å². The summed E-state index contributed by atoms with van der Waals surface area (Å²) in [4.78, 5) is 64.4. The van der Waals surface area contributed by atoms with E-state index in [1.54, 1.807) is 0 Å². The molecule has 0 aliphatic carbocycles.